The van der Waals surface area contributed by atoms with E-state index in [1.54, 1.807) is 0 Å². The number of H-pyrrole nitrogens is 1. The van der Waals surface area contributed by atoms with Crippen LogP contribution in [0.2, 0.25) is 0 Å². The molecule has 1 aliphatic heterocycles. The zero-order valence-corrected chi connectivity index (χ0v) is 8.50. The van der Waals surface area contributed by atoms with Crippen molar-refractivity contribution in [1.29, 1.82) is 0 Å². The van der Waals surface area contributed by atoms with Gasteiger partial charge < -0.3 is 15.6 Å². The molecular weight excluding hydrogens is 214 g/mol. The first-order valence-corrected chi connectivity index (χ1v) is 4.95. The predicted molar refractivity (Wildman–Crippen MR) is 54.9 cm³/mol. The Morgan fingerprint density at radius 2 is 2.31 bits per heavy atom. The van der Waals surface area contributed by atoms with Crippen LogP contribution in [-0.2, 0) is 4.74 Å². The molecule has 0 bridgehead atoms. The van der Waals surface area contributed by atoms with Gasteiger partial charge in [0.25, 0.3) is 5.56 Å². The summed E-state index contributed by atoms with van der Waals surface area (Å²) >= 11 is 0. The van der Waals surface area contributed by atoms with Crippen molar-refractivity contribution in [3.8, 4) is 0 Å². The lowest BCUT2D eigenvalue weighted by molar-refractivity contribution is -0.233. The maximum absolute atomic E-state index is 11.5. The third kappa shape index (κ3) is 1.69. The van der Waals surface area contributed by atoms with E-state index in [0.717, 1.165) is 0 Å². The minimum Gasteiger partial charge on any atom is -0.394 e. The molecule has 7 heteroatoms. The van der Waals surface area contributed by atoms with E-state index < -0.39 is 17.5 Å². The molecule has 1 fully saturated rings. The van der Waals surface area contributed by atoms with E-state index in [-0.39, 0.29) is 18.6 Å². The molecule has 0 amide bonds. The van der Waals surface area contributed by atoms with Gasteiger partial charge in [0.15, 0.2) is 0 Å². The van der Waals surface area contributed by atoms with Crippen LogP contribution < -0.4 is 17.0 Å². The third-order valence-electron chi connectivity index (χ3n) is 2.74. The summed E-state index contributed by atoms with van der Waals surface area (Å²) in [6.07, 6.45) is 0.516. The number of aliphatic hydroxyl groups is 1. The third-order valence-corrected chi connectivity index (χ3v) is 2.74. The molecule has 0 saturated carbocycles. The number of aliphatic hydroxyl groups excluding tert-OH is 1. The molecule has 3 atom stereocenters. The fourth-order valence-corrected chi connectivity index (χ4v) is 1.82. The second-order valence-corrected chi connectivity index (χ2v) is 3.66. The minimum atomic E-state index is -0.535. The molecule has 0 radical (unpaired) electrons. The van der Waals surface area contributed by atoms with E-state index in [1.165, 1.54) is 16.8 Å². The van der Waals surface area contributed by atoms with Crippen LogP contribution in [0.25, 0.3) is 0 Å². The Morgan fingerprint density at radius 3 is 2.88 bits per heavy atom. The Morgan fingerprint density at radius 1 is 1.56 bits per heavy atom. The summed E-state index contributed by atoms with van der Waals surface area (Å²) in [6, 6.07) is 1.24. The number of ether oxygens (including phenoxy) is 1. The van der Waals surface area contributed by atoms with Gasteiger partial charge in [0.05, 0.1) is 12.7 Å². The standard InChI is InChI=1S/C9H13N3O4/c10-3-5-6(4-13)16-8(5)12-2-1-7(14)11-9(12)15/h1-2,5-6,8,13H,3-4,10H2,(H,11,14,15)/t5-,6-,8-/m1/s1. The highest BCUT2D eigenvalue weighted by Crippen LogP contribution is 2.34. The fourth-order valence-electron chi connectivity index (χ4n) is 1.82. The molecular formula is C9H13N3O4. The monoisotopic (exact) mass is 227 g/mol. The van der Waals surface area contributed by atoms with Crippen LogP contribution in [0.3, 0.4) is 0 Å². The number of hydrogen-bond acceptors (Lipinski definition) is 5. The molecule has 2 heterocycles. The lowest BCUT2D eigenvalue weighted by atomic mass is 9.94. The number of nitrogens with one attached hydrogen (secondary N) is 1. The Hall–Kier alpha value is -1.44. The molecule has 88 valence electrons. The van der Waals surface area contributed by atoms with Crippen LogP contribution in [0, 0.1) is 5.92 Å². The second-order valence-electron chi connectivity index (χ2n) is 3.66. The van der Waals surface area contributed by atoms with Crippen LogP contribution in [0.1, 0.15) is 6.23 Å². The van der Waals surface area contributed by atoms with Crippen LogP contribution in [-0.4, -0.2) is 33.9 Å². The topological polar surface area (TPSA) is 110 Å². The van der Waals surface area contributed by atoms with Crippen molar-refractivity contribution in [1.82, 2.24) is 9.55 Å². The number of aromatic nitrogens is 2. The number of nitrogens with zero attached hydrogens (tertiary/aromatic N) is 1. The summed E-state index contributed by atoms with van der Waals surface area (Å²) < 4.78 is 6.58. The van der Waals surface area contributed by atoms with Gasteiger partial charge in [0.2, 0.25) is 0 Å². The Bertz CT molecular complexity index is 480. The van der Waals surface area contributed by atoms with Gasteiger partial charge in [0.1, 0.15) is 6.23 Å². The SMILES string of the molecule is NC[C@H]1[C@H](n2ccc(=O)[nH]c2=O)O[C@@H]1CO. The van der Waals surface area contributed by atoms with Crippen molar-refractivity contribution < 1.29 is 9.84 Å². The van der Waals surface area contributed by atoms with Crippen molar-refractivity contribution in [3.63, 3.8) is 0 Å². The lowest BCUT2D eigenvalue weighted by Crippen LogP contribution is -2.53. The molecule has 16 heavy (non-hydrogen) atoms. The van der Waals surface area contributed by atoms with E-state index in [0.29, 0.717) is 6.54 Å². The van der Waals surface area contributed by atoms with Crippen LogP contribution in [0.5, 0.6) is 0 Å². The molecule has 0 unspecified atom stereocenters. The summed E-state index contributed by atoms with van der Waals surface area (Å²) in [7, 11) is 0. The highest BCUT2D eigenvalue weighted by atomic mass is 16.5. The first-order valence-electron chi connectivity index (χ1n) is 4.95. The van der Waals surface area contributed by atoms with E-state index in [1.807, 2.05) is 0 Å². The van der Waals surface area contributed by atoms with Crippen molar-refractivity contribution in [2.75, 3.05) is 13.2 Å². The minimum absolute atomic E-state index is 0.117. The van der Waals surface area contributed by atoms with E-state index in [9.17, 15) is 9.59 Å². The maximum atomic E-state index is 11.5. The summed E-state index contributed by atoms with van der Waals surface area (Å²) in [4.78, 5) is 24.5. The summed E-state index contributed by atoms with van der Waals surface area (Å²) in [6.45, 7) is 0.179. The molecule has 0 aliphatic carbocycles. The zero-order valence-electron chi connectivity index (χ0n) is 8.50. The molecule has 0 spiro atoms. The van der Waals surface area contributed by atoms with Crippen LogP contribution >= 0.6 is 0 Å². The Kier molecular flexibility index (Phi) is 2.90. The summed E-state index contributed by atoms with van der Waals surface area (Å²) in [5, 5.41) is 8.94. The summed E-state index contributed by atoms with van der Waals surface area (Å²) in [5.74, 6) is -0.117. The highest BCUT2D eigenvalue weighted by Gasteiger charge is 2.42. The molecule has 0 aromatic carbocycles. The number of aromatic amines is 1. The highest BCUT2D eigenvalue weighted by molar-refractivity contribution is 4.92. The Balaban J connectivity index is 2.26. The van der Waals surface area contributed by atoms with Gasteiger partial charge in [-0.3, -0.25) is 14.3 Å². The van der Waals surface area contributed by atoms with Gasteiger partial charge in [-0.05, 0) is 0 Å². The fraction of sp³-hybridized carbons (Fsp3) is 0.556. The number of hydrogen-bond donors (Lipinski definition) is 3. The normalized spacial score (nSPS) is 28.8. The molecule has 1 aliphatic rings. The van der Waals surface area contributed by atoms with Crippen molar-refractivity contribution in [3.05, 3.63) is 33.1 Å². The van der Waals surface area contributed by atoms with Gasteiger partial charge in [-0.2, -0.15) is 0 Å². The smallest absolute Gasteiger partial charge is 0.330 e. The van der Waals surface area contributed by atoms with Crippen molar-refractivity contribution in [2.45, 2.75) is 12.3 Å². The van der Waals surface area contributed by atoms with E-state index in [4.69, 9.17) is 15.6 Å². The molecule has 4 N–H and O–H groups in total. The Labute approximate surface area is 90.5 Å². The van der Waals surface area contributed by atoms with Crippen molar-refractivity contribution in [2.24, 2.45) is 11.7 Å². The molecule has 7 nitrogen and oxygen atoms in total. The first kappa shape index (κ1) is 11.1. The maximum Gasteiger partial charge on any atom is 0.330 e. The average molecular weight is 227 g/mol. The molecule has 1 aromatic rings. The van der Waals surface area contributed by atoms with Gasteiger partial charge >= 0.3 is 5.69 Å². The largest absolute Gasteiger partial charge is 0.394 e. The molecule has 1 aromatic heterocycles. The summed E-state index contributed by atoms with van der Waals surface area (Å²) in [5.41, 5.74) is 4.54. The average Bonchev–Trinajstić information content (AvgIpc) is 2.21. The van der Waals surface area contributed by atoms with Crippen molar-refractivity contribution >= 4 is 0 Å². The van der Waals surface area contributed by atoms with Gasteiger partial charge in [-0.25, -0.2) is 4.79 Å². The molecule has 1 saturated heterocycles. The van der Waals surface area contributed by atoms with E-state index in [2.05, 4.69) is 4.98 Å². The quantitative estimate of drug-likeness (QED) is 0.553. The predicted octanol–water partition coefficient (Wildman–Crippen LogP) is -2.00. The van der Waals surface area contributed by atoms with Crippen LogP contribution in [0.4, 0.5) is 0 Å². The number of rotatable bonds is 3. The van der Waals surface area contributed by atoms with Gasteiger partial charge in [-0.15, -0.1) is 0 Å². The van der Waals surface area contributed by atoms with Crippen LogP contribution in [0.15, 0.2) is 21.9 Å². The van der Waals surface area contributed by atoms with Gasteiger partial charge in [-0.1, -0.05) is 0 Å². The second kappa shape index (κ2) is 4.20. The zero-order chi connectivity index (χ0) is 11.7. The number of nitrogens with two attached hydrogens (primary N) is 1. The van der Waals surface area contributed by atoms with Gasteiger partial charge in [0, 0.05) is 24.7 Å². The molecule has 2 rings (SSSR count). The van der Waals surface area contributed by atoms with E-state index >= 15 is 0 Å². The lowest BCUT2D eigenvalue weighted by Gasteiger charge is -2.43. The first-order chi connectivity index (χ1) is 7.67.